The molecule has 0 aliphatic carbocycles. The molecule has 1 saturated heterocycles. The van der Waals surface area contributed by atoms with E-state index in [4.69, 9.17) is 44.3 Å². The van der Waals surface area contributed by atoms with Crippen LogP contribution in [0, 0.1) is 11.8 Å². The molecule has 1 aliphatic heterocycles. The Morgan fingerprint density at radius 3 is 2.01 bits per heavy atom. The number of guanidine groups is 1. The predicted molar refractivity (Wildman–Crippen MR) is 347 cm³/mol. The van der Waals surface area contributed by atoms with Crippen molar-refractivity contribution in [3.8, 4) is 22.6 Å². The lowest BCUT2D eigenvalue weighted by molar-refractivity contribution is -0.150. The number of carbonyl (C=O) groups is 5. The van der Waals surface area contributed by atoms with Crippen LogP contribution in [-0.2, 0) is 53.7 Å². The van der Waals surface area contributed by atoms with Gasteiger partial charge in [-0.3, -0.25) is 28.5 Å². The lowest BCUT2D eigenvalue weighted by Crippen LogP contribution is -2.57. The summed E-state index contributed by atoms with van der Waals surface area (Å²) >= 11 is 0. The van der Waals surface area contributed by atoms with E-state index in [1.807, 2.05) is 78.3 Å². The summed E-state index contributed by atoms with van der Waals surface area (Å²) in [4.78, 5) is 100. The highest BCUT2D eigenvalue weighted by Gasteiger charge is 2.45. The van der Waals surface area contributed by atoms with Gasteiger partial charge in [0.25, 0.3) is 5.91 Å². The van der Waals surface area contributed by atoms with Crippen LogP contribution in [0.15, 0.2) is 125 Å². The number of ether oxygens (including phenoxy) is 5. The van der Waals surface area contributed by atoms with Crippen molar-refractivity contribution in [1.29, 1.82) is 0 Å². The number of nitrogen functional groups attached to an aromatic ring is 1. The van der Waals surface area contributed by atoms with Crippen LogP contribution < -0.4 is 53.4 Å². The zero-order valence-corrected chi connectivity index (χ0v) is 54.0. The number of aliphatic hydroxyl groups excluding tert-OH is 2. The van der Waals surface area contributed by atoms with Gasteiger partial charge in [-0.25, -0.2) is 24.4 Å². The summed E-state index contributed by atoms with van der Waals surface area (Å²) < 4.78 is 53.0. The zero-order valence-electron chi connectivity index (χ0n) is 53.2. The molecule has 6 aromatic rings. The minimum atomic E-state index is -5.04. The maximum atomic E-state index is 14.7. The molecular weight excluding hydrogens is 1220 g/mol. The molecule has 0 saturated carbocycles. The molecule has 1 fully saturated rings. The summed E-state index contributed by atoms with van der Waals surface area (Å²) in [5.74, 6) is -2.74. The maximum Gasteiger partial charge on any atom is 0.493 e. The van der Waals surface area contributed by atoms with E-state index in [2.05, 4.69) is 45.1 Å². The highest BCUT2D eigenvalue weighted by atomic mass is 31.2. The van der Waals surface area contributed by atoms with Gasteiger partial charge in [0.1, 0.15) is 66.0 Å². The molecule has 502 valence electrons. The van der Waals surface area contributed by atoms with Crippen molar-refractivity contribution in [2.24, 2.45) is 22.6 Å². The van der Waals surface area contributed by atoms with E-state index in [0.29, 0.717) is 41.6 Å². The third-order valence-corrected chi connectivity index (χ3v) is 15.5. The molecule has 8 atom stereocenters. The third-order valence-electron chi connectivity index (χ3n) is 14.7. The number of aliphatic hydroxyl groups is 2. The number of carbonyl (C=O) groups excluding carboxylic acids is 5. The standard InChI is InChI=1S/C65H85N10O17P/c1-39(2)31-35-86-48-28-26-42-20-11-13-22-44(42)53(48)54-45-23-14-12-21-43(45)27-29-49(54)87-38-52(76)70-46(24-15-16-32-69-64(83)91-65(5,6)7)58(79)71-47(59(80)73-55(40(3)4)61(81)88-36-41-18-9-8-10-19-41)25-17-33-68-62(67)74-92-93(84,85)89-37-50-56(77)57(78)60(90-50)75-34-30-51(66)72-63(75)82/h8-14,18-23,26-30,34,39-40,46-47,50,55-57,60,77-78H,15-17,24-25,31-33,35-38H2,1-7H3,(H,69,83)(H,70,76)(H,71,79)(H,73,80)(H,84,85)(H2,66,72,82)(H3,67,68,74)/t46?,47?,50-,55?,56-,57-,60-/m1/s1. The molecule has 1 aliphatic rings. The maximum absolute atomic E-state index is 14.7. The molecule has 2 heterocycles. The summed E-state index contributed by atoms with van der Waals surface area (Å²) in [6.45, 7) is 11.8. The molecule has 7 rings (SSSR count). The van der Waals surface area contributed by atoms with E-state index < -0.39 is 117 Å². The van der Waals surface area contributed by atoms with Crippen LogP contribution in [0.3, 0.4) is 0 Å². The monoisotopic (exact) mass is 1310 g/mol. The Balaban J connectivity index is 1.08. The van der Waals surface area contributed by atoms with Crippen LogP contribution in [0.4, 0.5) is 10.6 Å². The van der Waals surface area contributed by atoms with Crippen molar-refractivity contribution in [3.63, 3.8) is 0 Å². The minimum Gasteiger partial charge on any atom is -0.493 e. The van der Waals surface area contributed by atoms with E-state index in [0.717, 1.165) is 38.1 Å². The Bertz CT molecular complexity index is 3660. The lowest BCUT2D eigenvalue weighted by atomic mass is 9.92. The molecule has 27 nitrogen and oxygen atoms in total. The van der Waals surface area contributed by atoms with E-state index >= 15 is 0 Å². The number of nitrogens with zero attached hydrogens (tertiary/aromatic N) is 3. The van der Waals surface area contributed by atoms with Gasteiger partial charge in [0.15, 0.2) is 12.8 Å². The highest BCUT2D eigenvalue weighted by Crippen LogP contribution is 2.46. The van der Waals surface area contributed by atoms with Crippen molar-refractivity contribution in [2.45, 2.75) is 142 Å². The first kappa shape index (κ1) is 71.7. The van der Waals surface area contributed by atoms with Crippen LogP contribution in [0.25, 0.3) is 32.7 Å². The number of anilines is 1. The number of nitrogens with one attached hydrogen (secondary N) is 5. The van der Waals surface area contributed by atoms with Gasteiger partial charge in [-0.05, 0) is 116 Å². The molecule has 4 unspecified atom stereocenters. The van der Waals surface area contributed by atoms with Gasteiger partial charge in [0.05, 0.1) is 13.2 Å². The van der Waals surface area contributed by atoms with Crippen LogP contribution >= 0.6 is 7.82 Å². The Labute approximate surface area is 538 Å². The Morgan fingerprint density at radius 2 is 1.38 bits per heavy atom. The van der Waals surface area contributed by atoms with Crippen molar-refractivity contribution >= 4 is 70.9 Å². The number of amides is 4. The number of phosphoric acid groups is 1. The number of rotatable bonds is 32. The minimum absolute atomic E-state index is 0.00230. The fraction of sp³-hybridized carbons (Fsp3) is 0.446. The number of phosphoric ester groups is 1. The average molecular weight is 1310 g/mol. The fourth-order valence-corrected chi connectivity index (χ4v) is 10.5. The zero-order chi connectivity index (χ0) is 67.4. The number of esters is 1. The fourth-order valence-electron chi connectivity index (χ4n) is 9.94. The van der Waals surface area contributed by atoms with Crippen molar-refractivity contribution in [2.75, 3.05) is 38.6 Å². The second kappa shape index (κ2) is 33.8. The molecule has 0 spiro atoms. The van der Waals surface area contributed by atoms with E-state index in [9.17, 15) is 48.4 Å². The van der Waals surface area contributed by atoms with Gasteiger partial charge >= 0.3 is 25.6 Å². The Hall–Kier alpha value is -8.69. The largest absolute Gasteiger partial charge is 0.493 e. The van der Waals surface area contributed by atoms with Gasteiger partial charge in [-0.2, -0.15) is 9.61 Å². The molecule has 0 bridgehead atoms. The number of fused-ring (bicyclic) bond motifs is 2. The number of hydroxylamine groups is 1. The summed E-state index contributed by atoms with van der Waals surface area (Å²) in [5, 5.41) is 35.8. The Morgan fingerprint density at radius 1 is 0.763 bits per heavy atom. The second-order valence-corrected chi connectivity index (χ2v) is 25.4. The van der Waals surface area contributed by atoms with Gasteiger partial charge in [0, 0.05) is 30.4 Å². The summed E-state index contributed by atoms with van der Waals surface area (Å²) in [6.07, 6.45) is -4.38. The molecule has 5 aromatic carbocycles. The van der Waals surface area contributed by atoms with Crippen molar-refractivity contribution < 1.29 is 76.5 Å². The number of hydrogen-bond acceptors (Lipinski definition) is 19. The molecule has 4 amide bonds. The molecule has 93 heavy (non-hydrogen) atoms. The topological polar surface area (TPSA) is 387 Å². The SMILES string of the molecule is CC(C)CCOc1ccc2ccccc2c1-c1c(OCC(=O)NC(CCCCNC(=O)OC(C)(C)C)C(=O)NC(CCCN=C(N)NOP(=O)(O)OC[C@H]2O[C@@H](n3ccc(N)nc3=O)[C@H](O)[C@@H]2O)C(=O)NC(C(=O)OCc2ccccc2)C(C)C)ccc2ccccc12. The summed E-state index contributed by atoms with van der Waals surface area (Å²) in [6, 6.07) is 29.6. The Kier molecular flexibility index (Phi) is 26.0. The number of unbranched alkanes of at least 4 members (excludes halogenated alkanes) is 1. The number of alkyl carbamates (subject to hydrolysis) is 1. The van der Waals surface area contributed by atoms with Crippen molar-refractivity contribution in [1.82, 2.24) is 36.3 Å². The third kappa shape index (κ3) is 21.4. The van der Waals surface area contributed by atoms with E-state index in [1.165, 1.54) is 12.3 Å². The first-order valence-electron chi connectivity index (χ1n) is 30.7. The summed E-state index contributed by atoms with van der Waals surface area (Å²) in [7, 11) is -5.04. The predicted octanol–water partition coefficient (Wildman–Crippen LogP) is 6.20. The molecular formula is C65H85N10O17P. The number of hydrogen-bond donors (Lipinski definition) is 10. The number of benzene rings is 5. The molecule has 0 radical (unpaired) electrons. The normalized spacial score (nSPS) is 17.4. The first-order valence-corrected chi connectivity index (χ1v) is 32.2. The first-order chi connectivity index (χ1) is 44.3. The van der Waals surface area contributed by atoms with Crippen molar-refractivity contribution in [3.05, 3.63) is 131 Å². The number of aromatic nitrogens is 2. The molecule has 12 N–H and O–H groups in total. The second-order valence-electron chi connectivity index (χ2n) is 24.0. The van der Waals surface area contributed by atoms with Crippen LogP contribution in [0.5, 0.6) is 11.5 Å². The quantitative estimate of drug-likeness (QED) is 0.00561. The highest BCUT2D eigenvalue weighted by molar-refractivity contribution is 7.47. The number of aliphatic imine (C=N–C) groups is 1. The van der Waals surface area contributed by atoms with E-state index in [-0.39, 0.29) is 51.2 Å². The van der Waals surface area contributed by atoms with Gasteiger partial charge in [0.2, 0.25) is 17.8 Å². The van der Waals surface area contributed by atoms with Crippen LogP contribution in [0.1, 0.15) is 98.8 Å². The van der Waals surface area contributed by atoms with Crippen LogP contribution in [0.2, 0.25) is 0 Å². The average Bonchev–Trinajstić information content (AvgIpc) is 1.22. The van der Waals surface area contributed by atoms with Gasteiger partial charge in [-0.1, -0.05) is 119 Å². The lowest BCUT2D eigenvalue weighted by Gasteiger charge is -2.26. The molecule has 1 aromatic heterocycles. The van der Waals surface area contributed by atoms with Gasteiger partial charge < -0.3 is 71.5 Å². The summed E-state index contributed by atoms with van der Waals surface area (Å²) in [5.41, 5.74) is 14.1. The smallest absolute Gasteiger partial charge is 0.493 e. The van der Waals surface area contributed by atoms with E-state index in [1.54, 1.807) is 65.0 Å². The molecule has 28 heteroatoms. The van der Waals surface area contributed by atoms with Gasteiger partial charge in [-0.15, -0.1) is 0 Å². The number of nitrogens with two attached hydrogens (primary N) is 2. The van der Waals surface area contributed by atoms with Crippen LogP contribution in [-0.4, -0.2) is 135 Å².